The summed E-state index contributed by atoms with van der Waals surface area (Å²) in [7, 11) is 0. The van der Waals surface area contributed by atoms with Crippen molar-refractivity contribution in [2.45, 2.75) is 19.9 Å². The average Bonchev–Trinajstić information content (AvgIpc) is 2.99. The van der Waals surface area contributed by atoms with Crippen LogP contribution in [0.3, 0.4) is 0 Å². The largest absolute Gasteiger partial charge is 0.373 e. The van der Waals surface area contributed by atoms with Crippen LogP contribution in [0.4, 0.5) is 0 Å². The van der Waals surface area contributed by atoms with Gasteiger partial charge in [0.05, 0.1) is 17.4 Å². The summed E-state index contributed by atoms with van der Waals surface area (Å²) in [6.45, 7) is 12.8. The molecule has 0 aliphatic heterocycles. The van der Waals surface area contributed by atoms with E-state index in [1.54, 1.807) is 0 Å². The zero-order valence-electron chi connectivity index (χ0n) is 22.6. The molecule has 1 heterocycles. The van der Waals surface area contributed by atoms with E-state index in [4.69, 9.17) is 4.98 Å². The van der Waals surface area contributed by atoms with Gasteiger partial charge in [-0.2, -0.15) is 0 Å². The minimum Gasteiger partial charge on any atom is -0.373 e. The molecular formula is C37H34N2. The molecule has 4 aromatic carbocycles. The van der Waals surface area contributed by atoms with Crippen LogP contribution in [0, 0.1) is 5.92 Å². The topological polar surface area (TPSA) is 24.9 Å². The number of rotatable bonds is 9. The number of hydrogen-bond donors (Lipinski definition) is 1. The molecule has 0 amide bonds. The molecule has 0 aliphatic carbocycles. The first-order chi connectivity index (χ1) is 19.0. The van der Waals surface area contributed by atoms with Gasteiger partial charge in [-0.05, 0) is 51.6 Å². The summed E-state index contributed by atoms with van der Waals surface area (Å²) in [4.78, 5) is 5.24. The first kappa shape index (κ1) is 25.9. The van der Waals surface area contributed by atoms with E-state index in [0.29, 0.717) is 5.92 Å². The number of hydrogen-bond acceptors (Lipinski definition) is 2. The third-order valence-electron chi connectivity index (χ3n) is 7.06. The van der Waals surface area contributed by atoms with Crippen molar-refractivity contribution in [1.29, 1.82) is 0 Å². The van der Waals surface area contributed by atoms with Gasteiger partial charge in [0, 0.05) is 11.3 Å². The minimum absolute atomic E-state index is 0.208. The van der Waals surface area contributed by atoms with Gasteiger partial charge < -0.3 is 5.32 Å². The second kappa shape index (κ2) is 11.8. The summed E-state index contributed by atoms with van der Waals surface area (Å²) in [6.07, 6.45) is 4.05. The summed E-state index contributed by atoms with van der Waals surface area (Å²) in [5.74, 6) is 0.377. The summed E-state index contributed by atoms with van der Waals surface area (Å²) in [5.41, 5.74) is 8.34. The molecule has 0 aliphatic rings. The molecule has 5 aromatic rings. The number of nitrogens with zero attached hydrogens (tertiary/aromatic N) is 1. The van der Waals surface area contributed by atoms with E-state index in [1.807, 2.05) is 18.2 Å². The molecule has 1 unspecified atom stereocenters. The molecule has 0 spiro atoms. The Morgan fingerprint density at radius 1 is 0.692 bits per heavy atom. The highest BCUT2D eigenvalue weighted by Crippen LogP contribution is 2.34. The van der Waals surface area contributed by atoms with E-state index >= 15 is 0 Å². The van der Waals surface area contributed by atoms with Crippen molar-refractivity contribution in [2.24, 2.45) is 5.92 Å². The van der Waals surface area contributed by atoms with Crippen LogP contribution in [0.5, 0.6) is 0 Å². The molecule has 2 heteroatoms. The summed E-state index contributed by atoms with van der Waals surface area (Å²) in [5, 5.41) is 6.08. The van der Waals surface area contributed by atoms with Crippen molar-refractivity contribution >= 4 is 10.8 Å². The molecule has 0 radical (unpaired) electrons. The van der Waals surface area contributed by atoms with Gasteiger partial charge in [-0.3, -0.25) is 4.98 Å². The number of aromatic nitrogens is 1. The number of nitrogens with one attached hydrogen (secondary N) is 1. The van der Waals surface area contributed by atoms with Crippen molar-refractivity contribution in [3.63, 3.8) is 0 Å². The summed E-state index contributed by atoms with van der Waals surface area (Å²) in [6, 6.07) is 39.9. The number of fused-ring (bicyclic) bond motifs is 1. The maximum Gasteiger partial charge on any atom is 0.0946 e. The molecule has 1 aromatic heterocycles. The second-order valence-electron chi connectivity index (χ2n) is 10.1. The molecule has 0 fully saturated rings. The zero-order chi connectivity index (χ0) is 27.2. The quantitative estimate of drug-likeness (QED) is 0.201. The maximum atomic E-state index is 5.24. The summed E-state index contributed by atoms with van der Waals surface area (Å²) < 4.78 is 0. The van der Waals surface area contributed by atoms with Crippen LogP contribution in [0.1, 0.15) is 31.1 Å². The van der Waals surface area contributed by atoms with Crippen molar-refractivity contribution in [1.82, 2.24) is 10.3 Å². The maximum absolute atomic E-state index is 5.24. The third kappa shape index (κ3) is 5.91. The van der Waals surface area contributed by atoms with Gasteiger partial charge in [-0.15, -0.1) is 0 Å². The van der Waals surface area contributed by atoms with Crippen molar-refractivity contribution in [3.05, 3.63) is 163 Å². The highest BCUT2D eigenvalue weighted by molar-refractivity contribution is 5.95. The van der Waals surface area contributed by atoms with Crippen LogP contribution in [-0.4, -0.2) is 4.98 Å². The van der Waals surface area contributed by atoms with Gasteiger partial charge in [0.15, 0.2) is 0 Å². The Morgan fingerprint density at radius 2 is 1.36 bits per heavy atom. The lowest BCUT2D eigenvalue weighted by Gasteiger charge is -2.24. The zero-order valence-corrected chi connectivity index (χ0v) is 22.6. The fourth-order valence-corrected chi connectivity index (χ4v) is 4.78. The molecule has 2 nitrogen and oxygen atoms in total. The molecule has 192 valence electrons. The molecule has 0 saturated carbocycles. The number of benzene rings is 4. The van der Waals surface area contributed by atoms with Gasteiger partial charge in [0.25, 0.3) is 0 Å². The first-order valence-electron chi connectivity index (χ1n) is 13.4. The molecular weight excluding hydrogens is 472 g/mol. The molecule has 1 atom stereocenters. The number of allylic oxidation sites excluding steroid dienone is 3. The van der Waals surface area contributed by atoms with Gasteiger partial charge in [0.1, 0.15) is 0 Å². The van der Waals surface area contributed by atoms with Crippen LogP contribution in [0.15, 0.2) is 152 Å². The Labute approximate surface area is 232 Å². The monoisotopic (exact) mass is 506 g/mol. The van der Waals surface area contributed by atoms with Crippen molar-refractivity contribution in [2.75, 3.05) is 0 Å². The van der Waals surface area contributed by atoms with E-state index in [0.717, 1.165) is 39.3 Å². The minimum atomic E-state index is -0.208. The first-order valence-corrected chi connectivity index (χ1v) is 13.4. The van der Waals surface area contributed by atoms with Crippen LogP contribution < -0.4 is 5.32 Å². The average molecular weight is 507 g/mol. The fourth-order valence-electron chi connectivity index (χ4n) is 4.78. The van der Waals surface area contributed by atoms with Crippen LogP contribution in [-0.2, 0) is 0 Å². The smallest absolute Gasteiger partial charge is 0.0946 e. The second-order valence-corrected chi connectivity index (χ2v) is 10.1. The van der Waals surface area contributed by atoms with E-state index < -0.39 is 0 Å². The highest BCUT2D eigenvalue weighted by Gasteiger charge is 2.20. The molecule has 0 saturated heterocycles. The van der Waals surface area contributed by atoms with Gasteiger partial charge in [0.2, 0.25) is 0 Å². The SMILES string of the molecule is C=C(/C=C\C(=C)C(C)C)NC(c1cccc(-c2cccc3ccccc23)n1)c1ccccc1-c1ccccc1. The molecule has 5 rings (SSSR count). The third-order valence-corrected chi connectivity index (χ3v) is 7.06. The normalized spacial score (nSPS) is 12.1. The van der Waals surface area contributed by atoms with E-state index in [9.17, 15) is 0 Å². The molecule has 1 N–H and O–H groups in total. The van der Waals surface area contributed by atoms with Gasteiger partial charge in [-0.1, -0.05) is 142 Å². The van der Waals surface area contributed by atoms with Crippen LogP contribution in [0.25, 0.3) is 33.2 Å². The Balaban J connectivity index is 1.61. The van der Waals surface area contributed by atoms with Crippen molar-refractivity contribution < 1.29 is 0 Å². The predicted octanol–water partition coefficient (Wildman–Crippen LogP) is 9.53. The predicted molar refractivity (Wildman–Crippen MR) is 166 cm³/mol. The van der Waals surface area contributed by atoms with Gasteiger partial charge in [-0.25, -0.2) is 0 Å². The highest BCUT2D eigenvalue weighted by atomic mass is 15.0. The Morgan fingerprint density at radius 3 is 2.18 bits per heavy atom. The fraction of sp³-hybridized carbons (Fsp3) is 0.108. The lowest BCUT2D eigenvalue weighted by molar-refractivity contribution is 0.687. The Bertz CT molecular complexity index is 1640. The van der Waals surface area contributed by atoms with Crippen LogP contribution in [0.2, 0.25) is 0 Å². The van der Waals surface area contributed by atoms with Gasteiger partial charge >= 0.3 is 0 Å². The van der Waals surface area contributed by atoms with Crippen LogP contribution >= 0.6 is 0 Å². The Kier molecular flexibility index (Phi) is 7.84. The molecule has 39 heavy (non-hydrogen) atoms. The lowest BCUT2D eigenvalue weighted by Crippen LogP contribution is -2.22. The summed E-state index contributed by atoms with van der Waals surface area (Å²) >= 11 is 0. The standard InChI is InChI=1S/C37H34N2/c1-26(2)27(3)24-25-28(4)38-37(34-20-11-10-19-32(34)29-14-6-5-7-15-29)36-23-13-22-35(39-36)33-21-12-17-30-16-8-9-18-31(30)33/h5-26,37-38H,3-4H2,1-2H3/b25-24-. The van der Waals surface area contributed by atoms with E-state index in [-0.39, 0.29) is 6.04 Å². The number of pyridine rings is 1. The van der Waals surface area contributed by atoms with E-state index in [2.05, 4.69) is 142 Å². The Hall–Kier alpha value is -4.69. The lowest BCUT2D eigenvalue weighted by atomic mass is 9.92. The molecule has 0 bridgehead atoms. The van der Waals surface area contributed by atoms with Crippen molar-refractivity contribution in [3.8, 4) is 22.4 Å². The van der Waals surface area contributed by atoms with E-state index in [1.165, 1.54) is 16.3 Å².